The number of terminal acetylenes is 2. The molecule has 0 aliphatic heterocycles. The molecule has 0 atom stereocenters. The maximum Gasteiger partial charge on any atom is 0.0632 e. The van der Waals surface area contributed by atoms with Gasteiger partial charge in [0.15, 0.2) is 0 Å². The third-order valence-corrected chi connectivity index (χ3v) is 1.42. The van der Waals surface area contributed by atoms with E-state index < -0.39 is 0 Å². The fourth-order valence-electron chi connectivity index (χ4n) is 0.817. The van der Waals surface area contributed by atoms with Gasteiger partial charge in [-0.05, 0) is 12.1 Å². The van der Waals surface area contributed by atoms with Gasteiger partial charge in [-0.25, -0.2) is 0 Å². The SMILES string of the molecule is C#Cc1cccc(C#C)c1N. The molecule has 0 aromatic heterocycles. The van der Waals surface area contributed by atoms with Crippen LogP contribution in [0.25, 0.3) is 0 Å². The Balaban J connectivity index is 3.38. The fourth-order valence-corrected chi connectivity index (χ4v) is 0.817. The number of benzene rings is 1. The van der Waals surface area contributed by atoms with Crippen molar-refractivity contribution >= 4 is 5.69 Å². The lowest BCUT2D eigenvalue weighted by atomic mass is 10.1. The van der Waals surface area contributed by atoms with Gasteiger partial charge in [0.1, 0.15) is 0 Å². The van der Waals surface area contributed by atoms with E-state index in [1.807, 2.05) is 0 Å². The average Bonchev–Trinajstić information content (AvgIpc) is 2.05. The maximum atomic E-state index is 5.62. The highest BCUT2D eigenvalue weighted by Gasteiger charge is 1.98. The van der Waals surface area contributed by atoms with Gasteiger partial charge in [0.05, 0.1) is 5.69 Å². The molecule has 0 spiro atoms. The van der Waals surface area contributed by atoms with Crippen molar-refractivity contribution in [3.8, 4) is 24.7 Å². The van der Waals surface area contributed by atoms with Crippen LogP contribution in [0, 0.1) is 24.7 Å². The summed E-state index contributed by atoms with van der Waals surface area (Å²) in [5.74, 6) is 4.90. The van der Waals surface area contributed by atoms with Crippen LogP contribution in [0.4, 0.5) is 5.69 Å². The van der Waals surface area contributed by atoms with Gasteiger partial charge in [0.2, 0.25) is 0 Å². The predicted octanol–water partition coefficient (Wildman–Crippen LogP) is 1.23. The summed E-state index contributed by atoms with van der Waals surface area (Å²) < 4.78 is 0. The highest BCUT2D eigenvalue weighted by atomic mass is 14.6. The van der Waals surface area contributed by atoms with Crippen molar-refractivity contribution in [3.05, 3.63) is 29.3 Å². The maximum absolute atomic E-state index is 5.62. The van der Waals surface area contributed by atoms with E-state index in [0.717, 1.165) is 0 Å². The van der Waals surface area contributed by atoms with Crippen molar-refractivity contribution < 1.29 is 0 Å². The number of rotatable bonds is 0. The Morgan fingerprint density at radius 3 is 1.91 bits per heavy atom. The summed E-state index contributed by atoms with van der Waals surface area (Å²) in [7, 11) is 0. The van der Waals surface area contributed by atoms with Crippen molar-refractivity contribution in [2.75, 3.05) is 5.73 Å². The quantitative estimate of drug-likeness (QED) is 0.427. The Morgan fingerprint density at radius 1 is 1.09 bits per heavy atom. The molecule has 1 rings (SSSR count). The van der Waals surface area contributed by atoms with Crippen LogP contribution in [0.3, 0.4) is 0 Å². The molecule has 0 radical (unpaired) electrons. The molecule has 1 heteroatoms. The largest absolute Gasteiger partial charge is 0.397 e. The van der Waals surface area contributed by atoms with Crippen LogP contribution >= 0.6 is 0 Å². The number of hydrogen-bond acceptors (Lipinski definition) is 1. The fraction of sp³-hybridized carbons (Fsp3) is 0. The first-order valence-electron chi connectivity index (χ1n) is 3.11. The van der Waals surface area contributed by atoms with Crippen LogP contribution in [0.15, 0.2) is 18.2 Å². The summed E-state index contributed by atoms with van der Waals surface area (Å²) in [5, 5.41) is 0. The first-order chi connectivity index (χ1) is 5.29. The molecule has 1 aromatic rings. The van der Waals surface area contributed by atoms with Gasteiger partial charge >= 0.3 is 0 Å². The average molecular weight is 141 g/mol. The Hall–Kier alpha value is -1.86. The third-order valence-electron chi connectivity index (χ3n) is 1.42. The second-order valence-corrected chi connectivity index (χ2v) is 2.06. The van der Waals surface area contributed by atoms with Crippen LogP contribution in [0.2, 0.25) is 0 Å². The normalized spacial score (nSPS) is 8.18. The van der Waals surface area contributed by atoms with E-state index in [2.05, 4.69) is 11.8 Å². The Labute approximate surface area is 66.2 Å². The number of anilines is 1. The molecule has 1 nitrogen and oxygen atoms in total. The Kier molecular flexibility index (Phi) is 1.86. The number of para-hydroxylation sites is 1. The lowest BCUT2D eigenvalue weighted by molar-refractivity contribution is 1.59. The molecule has 0 unspecified atom stereocenters. The van der Waals surface area contributed by atoms with Crippen LogP contribution < -0.4 is 5.73 Å². The minimum Gasteiger partial charge on any atom is -0.397 e. The summed E-state index contributed by atoms with van der Waals surface area (Å²) in [6, 6.07) is 5.31. The predicted molar refractivity (Wildman–Crippen MR) is 46.7 cm³/mol. The third kappa shape index (κ3) is 1.18. The first kappa shape index (κ1) is 7.25. The van der Waals surface area contributed by atoms with Gasteiger partial charge in [-0.1, -0.05) is 17.9 Å². The van der Waals surface area contributed by atoms with Crippen molar-refractivity contribution in [1.82, 2.24) is 0 Å². The molecule has 0 fully saturated rings. The lowest BCUT2D eigenvalue weighted by Gasteiger charge is -1.99. The van der Waals surface area contributed by atoms with E-state index in [1.54, 1.807) is 18.2 Å². The second-order valence-electron chi connectivity index (χ2n) is 2.06. The molecular formula is C10H7N. The molecule has 0 heterocycles. The Bertz CT molecular complexity index is 318. The number of nitrogens with two attached hydrogens (primary N) is 1. The van der Waals surface area contributed by atoms with Crippen LogP contribution in [-0.4, -0.2) is 0 Å². The molecule has 2 N–H and O–H groups in total. The van der Waals surface area contributed by atoms with Gasteiger partial charge in [-0.2, -0.15) is 0 Å². The van der Waals surface area contributed by atoms with Crippen LogP contribution in [0.5, 0.6) is 0 Å². The van der Waals surface area contributed by atoms with E-state index in [0.29, 0.717) is 16.8 Å². The van der Waals surface area contributed by atoms with Gasteiger partial charge in [-0.15, -0.1) is 12.8 Å². The minimum absolute atomic E-state index is 0.512. The van der Waals surface area contributed by atoms with Crippen LogP contribution in [-0.2, 0) is 0 Å². The van der Waals surface area contributed by atoms with Crippen molar-refractivity contribution in [2.24, 2.45) is 0 Å². The van der Waals surface area contributed by atoms with Crippen molar-refractivity contribution in [1.29, 1.82) is 0 Å². The zero-order chi connectivity index (χ0) is 8.27. The van der Waals surface area contributed by atoms with Crippen molar-refractivity contribution in [2.45, 2.75) is 0 Å². The highest BCUT2D eigenvalue weighted by Crippen LogP contribution is 2.14. The molecule has 0 bridgehead atoms. The number of hydrogen-bond donors (Lipinski definition) is 1. The monoisotopic (exact) mass is 141 g/mol. The molecule has 0 saturated carbocycles. The molecule has 0 aliphatic carbocycles. The molecular weight excluding hydrogens is 134 g/mol. The minimum atomic E-state index is 0.512. The van der Waals surface area contributed by atoms with Crippen molar-refractivity contribution in [3.63, 3.8) is 0 Å². The molecule has 0 saturated heterocycles. The standard InChI is InChI=1S/C10H7N/c1-3-8-6-5-7-9(4-2)10(8)11/h1-2,5-7H,11H2. The van der Waals surface area contributed by atoms with E-state index in [1.165, 1.54) is 0 Å². The lowest BCUT2D eigenvalue weighted by Crippen LogP contribution is -1.93. The van der Waals surface area contributed by atoms with Gasteiger partial charge in [0, 0.05) is 11.1 Å². The zero-order valence-corrected chi connectivity index (χ0v) is 5.96. The molecule has 0 aliphatic rings. The smallest absolute Gasteiger partial charge is 0.0632 e. The summed E-state index contributed by atoms with van der Waals surface area (Å²) in [6.45, 7) is 0. The topological polar surface area (TPSA) is 26.0 Å². The molecule has 1 aromatic carbocycles. The highest BCUT2D eigenvalue weighted by molar-refractivity contribution is 5.64. The number of nitrogen functional groups attached to an aromatic ring is 1. The Morgan fingerprint density at radius 2 is 1.55 bits per heavy atom. The summed E-state index contributed by atoms with van der Waals surface area (Å²) in [5.41, 5.74) is 7.44. The second kappa shape index (κ2) is 2.82. The van der Waals surface area contributed by atoms with Gasteiger partial charge in [0.25, 0.3) is 0 Å². The summed E-state index contributed by atoms with van der Waals surface area (Å²) in [4.78, 5) is 0. The van der Waals surface area contributed by atoms with Gasteiger partial charge in [-0.3, -0.25) is 0 Å². The van der Waals surface area contributed by atoms with Gasteiger partial charge < -0.3 is 5.73 Å². The zero-order valence-electron chi connectivity index (χ0n) is 5.96. The molecule has 0 amide bonds. The van der Waals surface area contributed by atoms with E-state index >= 15 is 0 Å². The summed E-state index contributed by atoms with van der Waals surface area (Å²) in [6.07, 6.45) is 10.4. The van der Waals surface area contributed by atoms with E-state index in [9.17, 15) is 0 Å². The molecule has 11 heavy (non-hydrogen) atoms. The van der Waals surface area contributed by atoms with Crippen LogP contribution in [0.1, 0.15) is 11.1 Å². The summed E-state index contributed by atoms with van der Waals surface area (Å²) >= 11 is 0. The van der Waals surface area contributed by atoms with E-state index in [4.69, 9.17) is 18.6 Å². The molecule has 52 valence electrons. The first-order valence-corrected chi connectivity index (χ1v) is 3.11. The van der Waals surface area contributed by atoms with E-state index in [-0.39, 0.29) is 0 Å².